The second-order valence-corrected chi connectivity index (χ2v) is 8.23. The Kier molecular flexibility index (Phi) is 4.84. The van der Waals surface area contributed by atoms with Crippen molar-refractivity contribution < 1.29 is 9.21 Å². The zero-order valence-electron chi connectivity index (χ0n) is 14.3. The number of rotatable bonds is 5. The summed E-state index contributed by atoms with van der Waals surface area (Å²) in [5, 5.41) is 4.34. The number of carbonyl (C=O) groups is 1. The third-order valence-electron chi connectivity index (χ3n) is 4.27. The van der Waals surface area contributed by atoms with Gasteiger partial charge in [-0.25, -0.2) is 9.97 Å². The molecule has 9 heteroatoms. The standard InChI is InChI=1S/C17H19N5O2S2/c1-22-5-4-11-12(8-22)26-16-14(11)15(18)20-17(21-16)25-9-13(23)19-7-10-3-2-6-24-10/h2-3,6H,4-5,7-9H2,1H3,(H,19,23)(H2,18,20,21). The molecule has 3 aromatic rings. The first-order valence-corrected chi connectivity index (χ1v) is 10.1. The van der Waals surface area contributed by atoms with Gasteiger partial charge in [0.15, 0.2) is 5.16 Å². The number of anilines is 1. The van der Waals surface area contributed by atoms with Crippen LogP contribution in [0.3, 0.4) is 0 Å². The third kappa shape index (κ3) is 3.55. The molecule has 1 amide bonds. The molecule has 1 aliphatic rings. The van der Waals surface area contributed by atoms with Crippen LogP contribution in [0, 0.1) is 0 Å². The van der Waals surface area contributed by atoms with Crippen molar-refractivity contribution >= 4 is 45.0 Å². The van der Waals surface area contributed by atoms with Gasteiger partial charge in [-0.3, -0.25) is 4.79 Å². The van der Waals surface area contributed by atoms with Crippen molar-refractivity contribution in [1.82, 2.24) is 20.2 Å². The summed E-state index contributed by atoms with van der Waals surface area (Å²) in [4.78, 5) is 25.5. The number of carbonyl (C=O) groups excluding carboxylic acids is 1. The average Bonchev–Trinajstić information content (AvgIpc) is 3.24. The lowest BCUT2D eigenvalue weighted by atomic mass is 10.1. The molecule has 4 heterocycles. The average molecular weight is 390 g/mol. The quantitative estimate of drug-likeness (QED) is 0.510. The molecule has 0 fully saturated rings. The lowest BCUT2D eigenvalue weighted by Gasteiger charge is -2.22. The van der Waals surface area contributed by atoms with Gasteiger partial charge in [-0.15, -0.1) is 11.3 Å². The predicted molar refractivity (Wildman–Crippen MR) is 103 cm³/mol. The predicted octanol–water partition coefficient (Wildman–Crippen LogP) is 2.26. The third-order valence-corrected chi connectivity index (χ3v) is 6.23. The van der Waals surface area contributed by atoms with Crippen molar-refractivity contribution in [2.75, 3.05) is 25.1 Å². The zero-order valence-corrected chi connectivity index (χ0v) is 16.0. The number of fused-ring (bicyclic) bond motifs is 3. The van der Waals surface area contributed by atoms with Crippen LogP contribution in [0.4, 0.5) is 5.82 Å². The van der Waals surface area contributed by atoms with Crippen molar-refractivity contribution in [1.29, 1.82) is 0 Å². The molecule has 0 radical (unpaired) electrons. The first kappa shape index (κ1) is 17.3. The number of hydrogen-bond acceptors (Lipinski definition) is 8. The summed E-state index contributed by atoms with van der Waals surface area (Å²) in [5.41, 5.74) is 7.49. The summed E-state index contributed by atoms with van der Waals surface area (Å²) in [6.07, 6.45) is 2.56. The summed E-state index contributed by atoms with van der Waals surface area (Å²) >= 11 is 2.97. The van der Waals surface area contributed by atoms with Gasteiger partial charge in [0.1, 0.15) is 16.4 Å². The van der Waals surface area contributed by atoms with E-state index in [9.17, 15) is 4.79 Å². The monoisotopic (exact) mass is 389 g/mol. The van der Waals surface area contributed by atoms with Gasteiger partial charge in [0.05, 0.1) is 23.9 Å². The molecule has 4 rings (SSSR count). The first-order valence-electron chi connectivity index (χ1n) is 8.28. The number of nitrogen functional groups attached to an aromatic ring is 1. The van der Waals surface area contributed by atoms with E-state index in [0.717, 1.165) is 35.5 Å². The van der Waals surface area contributed by atoms with Crippen LogP contribution >= 0.6 is 23.1 Å². The van der Waals surface area contributed by atoms with Crippen LogP contribution in [0.5, 0.6) is 0 Å². The molecule has 26 heavy (non-hydrogen) atoms. The molecule has 1 aliphatic heterocycles. The summed E-state index contributed by atoms with van der Waals surface area (Å²) in [6.45, 7) is 2.32. The number of thiophene rings is 1. The Morgan fingerprint density at radius 1 is 1.50 bits per heavy atom. The van der Waals surface area contributed by atoms with Gasteiger partial charge >= 0.3 is 0 Å². The highest BCUT2D eigenvalue weighted by molar-refractivity contribution is 7.99. The van der Waals surface area contributed by atoms with Gasteiger partial charge in [-0.2, -0.15) is 0 Å². The fourth-order valence-electron chi connectivity index (χ4n) is 2.98. The van der Waals surface area contributed by atoms with E-state index in [1.807, 2.05) is 6.07 Å². The molecule has 3 N–H and O–H groups in total. The Balaban J connectivity index is 1.44. The summed E-state index contributed by atoms with van der Waals surface area (Å²) in [6, 6.07) is 3.61. The van der Waals surface area contributed by atoms with Crippen LogP contribution < -0.4 is 11.1 Å². The number of nitrogens with zero attached hydrogens (tertiary/aromatic N) is 3. The Morgan fingerprint density at radius 2 is 2.38 bits per heavy atom. The molecule has 0 aliphatic carbocycles. The fraction of sp³-hybridized carbons (Fsp3) is 0.353. The highest BCUT2D eigenvalue weighted by atomic mass is 32.2. The van der Waals surface area contributed by atoms with Gasteiger partial charge < -0.3 is 20.4 Å². The maximum atomic E-state index is 12.0. The van der Waals surface area contributed by atoms with E-state index >= 15 is 0 Å². The number of furan rings is 1. The van der Waals surface area contributed by atoms with E-state index in [1.165, 1.54) is 22.2 Å². The van der Waals surface area contributed by atoms with Crippen molar-refractivity contribution in [3.05, 3.63) is 34.6 Å². The van der Waals surface area contributed by atoms with Crippen LogP contribution in [-0.2, 0) is 24.3 Å². The molecular formula is C17H19N5O2S2. The summed E-state index contributed by atoms with van der Waals surface area (Å²) in [7, 11) is 2.12. The van der Waals surface area contributed by atoms with Crippen LogP contribution in [0.2, 0.25) is 0 Å². The molecule has 0 saturated carbocycles. The Hall–Kier alpha value is -2.10. The molecule has 7 nitrogen and oxygen atoms in total. The minimum Gasteiger partial charge on any atom is -0.467 e. The fourth-order valence-corrected chi connectivity index (χ4v) is 5.02. The normalized spacial score (nSPS) is 14.5. The van der Waals surface area contributed by atoms with Crippen molar-refractivity contribution in [2.45, 2.75) is 24.7 Å². The zero-order chi connectivity index (χ0) is 18.1. The van der Waals surface area contributed by atoms with Gasteiger partial charge in [0.2, 0.25) is 5.91 Å². The lowest BCUT2D eigenvalue weighted by molar-refractivity contribution is -0.118. The Morgan fingerprint density at radius 3 is 3.19 bits per heavy atom. The number of likely N-dealkylation sites (N-methyl/N-ethyl adjacent to an activating group) is 1. The second kappa shape index (κ2) is 7.26. The molecular weight excluding hydrogens is 370 g/mol. The minimum absolute atomic E-state index is 0.0965. The number of amides is 1. The molecule has 0 bridgehead atoms. The van der Waals surface area contributed by atoms with E-state index in [-0.39, 0.29) is 11.7 Å². The number of hydrogen-bond donors (Lipinski definition) is 2. The second-order valence-electron chi connectivity index (χ2n) is 6.21. The minimum atomic E-state index is -0.0965. The van der Waals surface area contributed by atoms with E-state index < -0.39 is 0 Å². The topological polar surface area (TPSA) is 97.3 Å². The van der Waals surface area contributed by atoms with E-state index in [0.29, 0.717) is 17.5 Å². The highest BCUT2D eigenvalue weighted by Gasteiger charge is 2.22. The van der Waals surface area contributed by atoms with E-state index in [2.05, 4.69) is 27.2 Å². The number of aromatic nitrogens is 2. The molecule has 3 aromatic heterocycles. The lowest BCUT2D eigenvalue weighted by Crippen LogP contribution is -2.25. The Bertz CT molecular complexity index is 938. The first-order chi connectivity index (χ1) is 12.6. The van der Waals surface area contributed by atoms with Crippen molar-refractivity contribution in [2.24, 2.45) is 0 Å². The molecule has 0 spiro atoms. The van der Waals surface area contributed by atoms with Gasteiger partial charge in [0, 0.05) is 18.0 Å². The van der Waals surface area contributed by atoms with E-state index in [1.54, 1.807) is 23.7 Å². The molecule has 136 valence electrons. The van der Waals surface area contributed by atoms with Crippen LogP contribution in [0.15, 0.2) is 28.0 Å². The molecule has 0 unspecified atom stereocenters. The molecule has 0 saturated heterocycles. The molecule has 0 atom stereocenters. The van der Waals surface area contributed by atoms with Crippen LogP contribution in [0.25, 0.3) is 10.2 Å². The van der Waals surface area contributed by atoms with Crippen LogP contribution in [0.1, 0.15) is 16.2 Å². The summed E-state index contributed by atoms with van der Waals surface area (Å²) < 4.78 is 5.19. The smallest absolute Gasteiger partial charge is 0.230 e. The summed E-state index contributed by atoms with van der Waals surface area (Å²) in [5.74, 6) is 1.37. The largest absolute Gasteiger partial charge is 0.467 e. The van der Waals surface area contributed by atoms with Gasteiger partial charge in [-0.05, 0) is 31.2 Å². The van der Waals surface area contributed by atoms with Crippen LogP contribution in [-0.4, -0.2) is 40.1 Å². The maximum Gasteiger partial charge on any atom is 0.230 e. The molecule has 0 aromatic carbocycles. The number of thioether (sulfide) groups is 1. The van der Waals surface area contributed by atoms with Gasteiger partial charge in [-0.1, -0.05) is 11.8 Å². The van der Waals surface area contributed by atoms with Crippen molar-refractivity contribution in [3.63, 3.8) is 0 Å². The van der Waals surface area contributed by atoms with Gasteiger partial charge in [0.25, 0.3) is 0 Å². The van der Waals surface area contributed by atoms with Crippen molar-refractivity contribution in [3.8, 4) is 0 Å². The Labute approximate surface area is 159 Å². The maximum absolute atomic E-state index is 12.0. The van der Waals surface area contributed by atoms with E-state index in [4.69, 9.17) is 10.2 Å². The highest BCUT2D eigenvalue weighted by Crippen LogP contribution is 2.37. The SMILES string of the molecule is CN1CCc2c(sc3nc(SCC(=O)NCc4ccco4)nc(N)c23)C1. The number of nitrogens with two attached hydrogens (primary N) is 1. The number of nitrogens with one attached hydrogen (secondary N) is 1.